The highest BCUT2D eigenvalue weighted by Crippen LogP contribution is 2.26. The van der Waals surface area contributed by atoms with E-state index in [0.29, 0.717) is 6.04 Å². The molecule has 1 aromatic heterocycles. The molecule has 0 amide bonds. The van der Waals surface area contributed by atoms with Gasteiger partial charge in [0.25, 0.3) is 0 Å². The van der Waals surface area contributed by atoms with Crippen LogP contribution >= 0.6 is 0 Å². The minimum absolute atomic E-state index is 0.645. The maximum Gasteiger partial charge on any atom is 0.0660 e. The lowest BCUT2D eigenvalue weighted by atomic mass is 9.87. The van der Waals surface area contributed by atoms with Gasteiger partial charge in [0.1, 0.15) is 0 Å². The summed E-state index contributed by atoms with van der Waals surface area (Å²) in [7, 11) is 0. The fraction of sp³-hybridized carbons (Fsp3) is 0.471. The number of benzene rings is 1. The molecular weight excluding hydrogens is 246 g/mol. The van der Waals surface area contributed by atoms with E-state index in [2.05, 4.69) is 41.6 Å². The first-order valence-electron chi connectivity index (χ1n) is 7.62. The van der Waals surface area contributed by atoms with E-state index < -0.39 is 0 Å². The highest BCUT2D eigenvalue weighted by Gasteiger charge is 2.17. The zero-order valence-corrected chi connectivity index (χ0v) is 12.1. The van der Waals surface area contributed by atoms with Gasteiger partial charge in [-0.2, -0.15) is 5.10 Å². The first kappa shape index (κ1) is 13.2. The summed E-state index contributed by atoms with van der Waals surface area (Å²) in [4.78, 5) is 0. The third-order valence-electron chi connectivity index (χ3n) is 4.22. The molecule has 1 aliphatic carbocycles. The van der Waals surface area contributed by atoms with Crippen LogP contribution in [0.5, 0.6) is 0 Å². The van der Waals surface area contributed by atoms with Gasteiger partial charge < -0.3 is 5.32 Å². The molecule has 0 spiro atoms. The summed E-state index contributed by atoms with van der Waals surface area (Å²) >= 11 is 0. The standard InChI is InChI=1S/C17H23N3/c1-14-6-8-16(9-7-14)19-17-5-2-4-15(12-17)13-20-11-3-10-18-20/h2-5,10-12,14,16,19H,6-9,13H2,1H3. The Morgan fingerprint density at radius 2 is 2.05 bits per heavy atom. The molecule has 0 radical (unpaired) electrons. The zero-order chi connectivity index (χ0) is 13.8. The van der Waals surface area contributed by atoms with E-state index in [1.165, 1.54) is 36.9 Å². The second-order valence-electron chi connectivity index (χ2n) is 6.01. The van der Waals surface area contributed by atoms with E-state index >= 15 is 0 Å². The molecule has 1 saturated carbocycles. The molecule has 0 bridgehead atoms. The lowest BCUT2D eigenvalue weighted by molar-refractivity contribution is 0.361. The van der Waals surface area contributed by atoms with Crippen LogP contribution in [0.2, 0.25) is 0 Å². The van der Waals surface area contributed by atoms with E-state index in [-0.39, 0.29) is 0 Å². The van der Waals surface area contributed by atoms with Gasteiger partial charge in [0, 0.05) is 24.1 Å². The van der Waals surface area contributed by atoms with Gasteiger partial charge in [0.2, 0.25) is 0 Å². The van der Waals surface area contributed by atoms with Crippen LogP contribution in [-0.4, -0.2) is 15.8 Å². The Morgan fingerprint density at radius 1 is 1.20 bits per heavy atom. The molecule has 20 heavy (non-hydrogen) atoms. The maximum absolute atomic E-state index is 4.26. The van der Waals surface area contributed by atoms with Crippen LogP contribution in [0, 0.1) is 5.92 Å². The van der Waals surface area contributed by atoms with Crippen LogP contribution in [0.3, 0.4) is 0 Å². The maximum atomic E-state index is 4.26. The van der Waals surface area contributed by atoms with E-state index in [9.17, 15) is 0 Å². The second-order valence-corrected chi connectivity index (χ2v) is 6.01. The third kappa shape index (κ3) is 3.41. The molecule has 3 heteroatoms. The Labute approximate surface area is 121 Å². The number of anilines is 1. The smallest absolute Gasteiger partial charge is 0.0660 e. The summed E-state index contributed by atoms with van der Waals surface area (Å²) < 4.78 is 1.96. The van der Waals surface area contributed by atoms with Crippen molar-refractivity contribution >= 4 is 5.69 Å². The number of hydrogen-bond donors (Lipinski definition) is 1. The average molecular weight is 269 g/mol. The van der Waals surface area contributed by atoms with Gasteiger partial charge in [0.05, 0.1) is 6.54 Å². The fourth-order valence-electron chi connectivity index (χ4n) is 2.98. The molecule has 2 aromatic rings. The molecule has 1 fully saturated rings. The highest BCUT2D eigenvalue weighted by atomic mass is 15.3. The minimum Gasteiger partial charge on any atom is -0.382 e. The third-order valence-corrected chi connectivity index (χ3v) is 4.22. The summed E-state index contributed by atoms with van der Waals surface area (Å²) in [6.07, 6.45) is 9.12. The lowest BCUT2D eigenvalue weighted by Gasteiger charge is -2.27. The van der Waals surface area contributed by atoms with Gasteiger partial charge in [-0.25, -0.2) is 0 Å². The summed E-state index contributed by atoms with van der Waals surface area (Å²) in [6.45, 7) is 3.20. The molecule has 3 nitrogen and oxygen atoms in total. The summed E-state index contributed by atoms with van der Waals surface area (Å²) in [5, 5.41) is 7.95. The van der Waals surface area contributed by atoms with E-state index in [1.807, 2.05) is 23.1 Å². The Balaban J connectivity index is 1.62. The molecule has 0 saturated heterocycles. The lowest BCUT2D eigenvalue weighted by Crippen LogP contribution is -2.25. The number of nitrogens with zero attached hydrogens (tertiary/aromatic N) is 2. The topological polar surface area (TPSA) is 29.9 Å². The van der Waals surface area contributed by atoms with E-state index in [4.69, 9.17) is 0 Å². The number of rotatable bonds is 4. The molecule has 1 heterocycles. The van der Waals surface area contributed by atoms with Gasteiger partial charge in [-0.1, -0.05) is 19.1 Å². The van der Waals surface area contributed by atoms with Crippen molar-refractivity contribution in [2.45, 2.75) is 45.2 Å². The predicted molar refractivity (Wildman–Crippen MR) is 82.8 cm³/mol. The van der Waals surface area contributed by atoms with Crippen molar-refractivity contribution in [3.05, 3.63) is 48.3 Å². The number of nitrogens with one attached hydrogen (secondary N) is 1. The number of hydrogen-bond acceptors (Lipinski definition) is 2. The second kappa shape index (κ2) is 6.12. The Bertz CT molecular complexity index is 525. The molecule has 106 valence electrons. The van der Waals surface area contributed by atoms with Gasteiger partial charge in [-0.15, -0.1) is 0 Å². The number of aromatic nitrogens is 2. The van der Waals surface area contributed by atoms with Gasteiger partial charge in [-0.3, -0.25) is 4.68 Å². The normalized spacial score (nSPS) is 22.6. The van der Waals surface area contributed by atoms with Crippen LogP contribution in [0.15, 0.2) is 42.7 Å². The Kier molecular flexibility index (Phi) is 4.05. The molecule has 0 atom stereocenters. The molecule has 0 aliphatic heterocycles. The molecular formula is C17H23N3. The van der Waals surface area contributed by atoms with Crippen LogP contribution in [0.25, 0.3) is 0 Å². The SMILES string of the molecule is CC1CCC(Nc2cccc(Cn3cccn3)c2)CC1. The van der Waals surface area contributed by atoms with Crippen molar-refractivity contribution in [3.63, 3.8) is 0 Å². The van der Waals surface area contributed by atoms with Crippen LogP contribution < -0.4 is 5.32 Å². The zero-order valence-electron chi connectivity index (χ0n) is 12.1. The molecule has 1 aromatic carbocycles. The van der Waals surface area contributed by atoms with Crippen molar-refractivity contribution < 1.29 is 0 Å². The first-order valence-corrected chi connectivity index (χ1v) is 7.62. The quantitative estimate of drug-likeness (QED) is 0.911. The van der Waals surface area contributed by atoms with E-state index in [0.717, 1.165) is 12.5 Å². The molecule has 1 N–H and O–H groups in total. The van der Waals surface area contributed by atoms with Crippen molar-refractivity contribution in [2.75, 3.05) is 5.32 Å². The predicted octanol–water partition coefficient (Wildman–Crippen LogP) is 3.92. The summed E-state index contributed by atoms with van der Waals surface area (Å²) in [5.41, 5.74) is 2.54. The van der Waals surface area contributed by atoms with Crippen LogP contribution in [0.1, 0.15) is 38.2 Å². The highest BCUT2D eigenvalue weighted by molar-refractivity contribution is 5.46. The van der Waals surface area contributed by atoms with Crippen molar-refractivity contribution in [3.8, 4) is 0 Å². The van der Waals surface area contributed by atoms with Crippen LogP contribution in [0.4, 0.5) is 5.69 Å². The van der Waals surface area contributed by atoms with E-state index in [1.54, 1.807) is 0 Å². The van der Waals surface area contributed by atoms with Crippen molar-refractivity contribution in [2.24, 2.45) is 5.92 Å². The van der Waals surface area contributed by atoms with Crippen molar-refractivity contribution in [1.82, 2.24) is 9.78 Å². The first-order chi connectivity index (χ1) is 9.79. The monoisotopic (exact) mass is 269 g/mol. The largest absolute Gasteiger partial charge is 0.382 e. The van der Waals surface area contributed by atoms with Crippen molar-refractivity contribution in [1.29, 1.82) is 0 Å². The molecule has 0 unspecified atom stereocenters. The van der Waals surface area contributed by atoms with Gasteiger partial charge in [-0.05, 0) is 55.4 Å². The minimum atomic E-state index is 0.645. The fourth-order valence-corrected chi connectivity index (χ4v) is 2.98. The molecule has 1 aliphatic rings. The van der Waals surface area contributed by atoms with Gasteiger partial charge >= 0.3 is 0 Å². The van der Waals surface area contributed by atoms with Crippen LogP contribution in [-0.2, 0) is 6.54 Å². The average Bonchev–Trinajstić information content (AvgIpc) is 2.95. The summed E-state index contributed by atoms with van der Waals surface area (Å²) in [5.74, 6) is 0.902. The Hall–Kier alpha value is -1.77. The van der Waals surface area contributed by atoms with Gasteiger partial charge in [0.15, 0.2) is 0 Å². The Morgan fingerprint density at radius 3 is 2.80 bits per heavy atom. The molecule has 3 rings (SSSR count). The summed E-state index contributed by atoms with van der Waals surface area (Å²) in [6, 6.07) is 11.3.